The summed E-state index contributed by atoms with van der Waals surface area (Å²) in [7, 11) is 0. The lowest BCUT2D eigenvalue weighted by molar-refractivity contribution is -0.124. The summed E-state index contributed by atoms with van der Waals surface area (Å²) in [6.45, 7) is 3.62. The number of nitrogens with one attached hydrogen (secondary N) is 1. The molecule has 110 valence electrons. The van der Waals surface area contributed by atoms with Gasteiger partial charge in [0.1, 0.15) is 0 Å². The van der Waals surface area contributed by atoms with Crippen LogP contribution >= 0.6 is 0 Å². The molecule has 0 spiro atoms. The first-order chi connectivity index (χ1) is 9.42. The van der Waals surface area contributed by atoms with E-state index in [1.807, 2.05) is 13.8 Å². The van der Waals surface area contributed by atoms with Crippen LogP contribution in [0.1, 0.15) is 37.0 Å². The van der Waals surface area contributed by atoms with Crippen molar-refractivity contribution in [3.05, 3.63) is 23.8 Å². The summed E-state index contributed by atoms with van der Waals surface area (Å²) >= 11 is 0. The van der Waals surface area contributed by atoms with E-state index in [-0.39, 0.29) is 24.1 Å². The lowest BCUT2D eigenvalue weighted by Crippen LogP contribution is -2.35. The number of benzene rings is 1. The number of rotatable bonds is 6. The van der Waals surface area contributed by atoms with E-state index < -0.39 is 5.97 Å². The summed E-state index contributed by atoms with van der Waals surface area (Å²) in [5.41, 5.74) is 12.2. The standard InChI is InChI=1S/C14H21N3O3/c1-3-4-9(2)17-13(18)8-20-14(19)10-5-11(15)7-12(16)6-10/h5-7,9H,3-4,8,15-16H2,1-2H3,(H,17,18). The summed E-state index contributed by atoms with van der Waals surface area (Å²) in [5.74, 6) is -0.946. The number of esters is 1. The third kappa shape index (κ3) is 5.17. The molecular weight excluding hydrogens is 258 g/mol. The lowest BCUT2D eigenvalue weighted by atomic mass is 10.2. The van der Waals surface area contributed by atoms with E-state index in [0.29, 0.717) is 11.4 Å². The zero-order valence-corrected chi connectivity index (χ0v) is 11.8. The van der Waals surface area contributed by atoms with Gasteiger partial charge in [-0.1, -0.05) is 13.3 Å². The molecule has 6 nitrogen and oxygen atoms in total. The number of carbonyl (C=O) groups is 2. The molecule has 1 amide bonds. The van der Waals surface area contributed by atoms with Crippen LogP contribution in [0.5, 0.6) is 0 Å². The van der Waals surface area contributed by atoms with E-state index in [4.69, 9.17) is 16.2 Å². The van der Waals surface area contributed by atoms with Gasteiger partial charge in [-0.25, -0.2) is 4.79 Å². The molecule has 0 aliphatic rings. The fourth-order valence-electron chi connectivity index (χ4n) is 1.83. The molecule has 20 heavy (non-hydrogen) atoms. The highest BCUT2D eigenvalue weighted by Crippen LogP contribution is 2.14. The number of amides is 1. The van der Waals surface area contributed by atoms with E-state index in [0.717, 1.165) is 12.8 Å². The molecular formula is C14H21N3O3. The molecule has 0 aliphatic carbocycles. The topological polar surface area (TPSA) is 107 Å². The van der Waals surface area contributed by atoms with Crippen molar-refractivity contribution in [2.75, 3.05) is 18.1 Å². The van der Waals surface area contributed by atoms with Crippen LogP contribution in [0.3, 0.4) is 0 Å². The van der Waals surface area contributed by atoms with Crippen molar-refractivity contribution in [2.24, 2.45) is 0 Å². The minimum Gasteiger partial charge on any atom is -0.452 e. The van der Waals surface area contributed by atoms with Crippen molar-refractivity contribution in [1.29, 1.82) is 0 Å². The lowest BCUT2D eigenvalue weighted by Gasteiger charge is -2.12. The van der Waals surface area contributed by atoms with Crippen LogP contribution in [-0.2, 0) is 9.53 Å². The number of ether oxygens (including phenoxy) is 1. The average Bonchev–Trinajstić information content (AvgIpc) is 2.35. The number of anilines is 2. The maximum absolute atomic E-state index is 11.8. The number of nitrogens with two attached hydrogens (primary N) is 2. The third-order valence-corrected chi connectivity index (χ3v) is 2.68. The van der Waals surface area contributed by atoms with Crippen molar-refractivity contribution < 1.29 is 14.3 Å². The van der Waals surface area contributed by atoms with Crippen LogP contribution in [0.25, 0.3) is 0 Å². The van der Waals surface area contributed by atoms with Gasteiger partial charge in [0.05, 0.1) is 5.56 Å². The predicted molar refractivity (Wildman–Crippen MR) is 78.1 cm³/mol. The summed E-state index contributed by atoms with van der Waals surface area (Å²) in [4.78, 5) is 23.3. The predicted octanol–water partition coefficient (Wildman–Crippen LogP) is 1.31. The molecule has 0 aromatic heterocycles. The average molecular weight is 279 g/mol. The Kier molecular flexibility index (Phi) is 5.83. The van der Waals surface area contributed by atoms with Crippen LogP contribution in [0.15, 0.2) is 18.2 Å². The molecule has 1 aromatic carbocycles. The Morgan fingerprint density at radius 2 is 1.85 bits per heavy atom. The molecule has 0 aliphatic heterocycles. The van der Waals surface area contributed by atoms with Crippen molar-refractivity contribution >= 4 is 23.3 Å². The van der Waals surface area contributed by atoms with Gasteiger partial charge in [0.2, 0.25) is 0 Å². The first kappa shape index (κ1) is 15.8. The fraction of sp³-hybridized carbons (Fsp3) is 0.429. The third-order valence-electron chi connectivity index (χ3n) is 2.68. The van der Waals surface area contributed by atoms with Gasteiger partial charge in [-0.15, -0.1) is 0 Å². The van der Waals surface area contributed by atoms with E-state index >= 15 is 0 Å². The first-order valence-electron chi connectivity index (χ1n) is 6.55. The monoisotopic (exact) mass is 279 g/mol. The summed E-state index contributed by atoms with van der Waals surface area (Å²) in [6.07, 6.45) is 1.86. The molecule has 1 atom stereocenters. The molecule has 0 bridgehead atoms. The summed E-state index contributed by atoms with van der Waals surface area (Å²) in [6, 6.07) is 4.51. The quantitative estimate of drug-likeness (QED) is 0.537. The molecule has 5 N–H and O–H groups in total. The molecule has 0 saturated heterocycles. The fourth-order valence-corrected chi connectivity index (χ4v) is 1.83. The van der Waals surface area contributed by atoms with Crippen LogP contribution in [0.4, 0.5) is 11.4 Å². The van der Waals surface area contributed by atoms with Gasteiger partial charge in [-0.2, -0.15) is 0 Å². The van der Waals surface area contributed by atoms with E-state index in [1.165, 1.54) is 18.2 Å². The number of nitrogen functional groups attached to an aromatic ring is 2. The molecule has 1 aromatic rings. The Labute approximate surface area is 118 Å². The Hall–Kier alpha value is -2.24. The second kappa shape index (κ2) is 7.37. The normalized spacial score (nSPS) is 11.7. The Bertz CT molecular complexity index is 468. The number of hydrogen-bond acceptors (Lipinski definition) is 5. The second-order valence-electron chi connectivity index (χ2n) is 4.72. The van der Waals surface area contributed by atoms with Crippen LogP contribution in [0.2, 0.25) is 0 Å². The van der Waals surface area contributed by atoms with Gasteiger partial charge in [-0.3, -0.25) is 4.79 Å². The summed E-state index contributed by atoms with van der Waals surface area (Å²) < 4.78 is 4.92. The number of carbonyl (C=O) groups excluding carboxylic acids is 2. The molecule has 1 rings (SSSR count). The molecule has 0 saturated carbocycles. The molecule has 0 heterocycles. The highest BCUT2D eigenvalue weighted by molar-refractivity contribution is 5.93. The van der Waals surface area contributed by atoms with Crippen LogP contribution < -0.4 is 16.8 Å². The van der Waals surface area contributed by atoms with Gasteiger partial charge in [0.25, 0.3) is 5.91 Å². The first-order valence-corrected chi connectivity index (χ1v) is 6.55. The molecule has 6 heteroatoms. The summed E-state index contributed by atoms with van der Waals surface area (Å²) in [5, 5.41) is 2.74. The van der Waals surface area contributed by atoms with Crippen molar-refractivity contribution in [3.8, 4) is 0 Å². The Balaban J connectivity index is 2.48. The van der Waals surface area contributed by atoms with Gasteiger partial charge in [0.15, 0.2) is 6.61 Å². The minimum atomic E-state index is -0.623. The van der Waals surface area contributed by atoms with Gasteiger partial charge in [-0.05, 0) is 31.5 Å². The largest absolute Gasteiger partial charge is 0.452 e. The van der Waals surface area contributed by atoms with Crippen LogP contribution in [0, 0.1) is 0 Å². The number of hydrogen-bond donors (Lipinski definition) is 3. The SMILES string of the molecule is CCCC(C)NC(=O)COC(=O)c1cc(N)cc(N)c1. The maximum Gasteiger partial charge on any atom is 0.338 e. The Morgan fingerprint density at radius 1 is 1.25 bits per heavy atom. The maximum atomic E-state index is 11.8. The molecule has 0 fully saturated rings. The highest BCUT2D eigenvalue weighted by Gasteiger charge is 2.12. The minimum absolute atomic E-state index is 0.0641. The van der Waals surface area contributed by atoms with Crippen molar-refractivity contribution in [3.63, 3.8) is 0 Å². The van der Waals surface area contributed by atoms with E-state index in [2.05, 4.69) is 5.32 Å². The molecule has 0 radical (unpaired) electrons. The highest BCUT2D eigenvalue weighted by atomic mass is 16.5. The van der Waals surface area contributed by atoms with Crippen molar-refractivity contribution in [1.82, 2.24) is 5.32 Å². The molecule has 1 unspecified atom stereocenters. The van der Waals surface area contributed by atoms with Gasteiger partial charge < -0.3 is 21.5 Å². The van der Waals surface area contributed by atoms with Crippen LogP contribution in [-0.4, -0.2) is 24.5 Å². The van der Waals surface area contributed by atoms with E-state index in [1.54, 1.807) is 0 Å². The van der Waals surface area contributed by atoms with Crippen molar-refractivity contribution in [2.45, 2.75) is 32.7 Å². The second-order valence-corrected chi connectivity index (χ2v) is 4.72. The Morgan fingerprint density at radius 3 is 2.40 bits per heavy atom. The zero-order valence-electron chi connectivity index (χ0n) is 11.8. The van der Waals surface area contributed by atoms with E-state index in [9.17, 15) is 9.59 Å². The van der Waals surface area contributed by atoms with Gasteiger partial charge in [0, 0.05) is 17.4 Å². The van der Waals surface area contributed by atoms with Gasteiger partial charge >= 0.3 is 5.97 Å². The smallest absolute Gasteiger partial charge is 0.338 e. The zero-order chi connectivity index (χ0) is 15.1.